The van der Waals surface area contributed by atoms with Crippen LogP contribution in [0.3, 0.4) is 0 Å². The Labute approximate surface area is 261 Å². The maximum Gasteiger partial charge on any atom is 0.408 e. The summed E-state index contributed by atoms with van der Waals surface area (Å²) in [5, 5.41) is 16.4. The Morgan fingerprint density at radius 1 is 1.00 bits per heavy atom. The maximum atomic E-state index is 14.2. The van der Waals surface area contributed by atoms with E-state index in [1.54, 1.807) is 65.0 Å². The number of carboxylic acid groups (broad SMARTS) is 1. The van der Waals surface area contributed by atoms with Crippen molar-refractivity contribution in [1.29, 1.82) is 0 Å². The molecule has 0 atom stereocenters. The Hall–Kier alpha value is -4.07. The quantitative estimate of drug-likeness (QED) is 0.315. The van der Waals surface area contributed by atoms with E-state index in [0.717, 1.165) is 12.8 Å². The molecule has 2 aliphatic rings. The third-order valence-corrected chi connectivity index (χ3v) is 8.40. The maximum absolute atomic E-state index is 14.2. The first-order chi connectivity index (χ1) is 21.3. The first-order valence-corrected chi connectivity index (χ1v) is 15.3. The highest BCUT2D eigenvalue weighted by molar-refractivity contribution is 5.89. The fourth-order valence-corrected chi connectivity index (χ4v) is 6.37. The molecule has 1 aliphatic heterocycles. The van der Waals surface area contributed by atoms with Crippen LogP contribution in [0.15, 0.2) is 30.3 Å². The predicted octanol–water partition coefficient (Wildman–Crippen LogP) is 4.99. The molecule has 5 rings (SSSR count). The second-order valence-electron chi connectivity index (χ2n) is 13.1. The number of benzene rings is 1. The molecule has 0 radical (unpaired) electrons. The lowest BCUT2D eigenvalue weighted by atomic mass is 9.89. The Balaban J connectivity index is 1.34. The van der Waals surface area contributed by atoms with Gasteiger partial charge in [0.25, 0.3) is 6.43 Å². The predicted molar refractivity (Wildman–Crippen MR) is 166 cm³/mol. The molecule has 2 fully saturated rings. The molecule has 0 unspecified atom stereocenters. The molecule has 14 heteroatoms. The van der Waals surface area contributed by atoms with Gasteiger partial charge in [0.15, 0.2) is 5.82 Å². The normalized spacial score (nSPS) is 19.5. The van der Waals surface area contributed by atoms with Gasteiger partial charge in [-0.05, 0) is 72.4 Å². The molecule has 1 aromatic carbocycles. The van der Waals surface area contributed by atoms with Gasteiger partial charge in [0, 0.05) is 36.8 Å². The van der Waals surface area contributed by atoms with Gasteiger partial charge in [-0.1, -0.05) is 12.1 Å². The Bertz CT molecular complexity index is 1530. The summed E-state index contributed by atoms with van der Waals surface area (Å²) in [6.07, 6.45) is -1.17. The van der Waals surface area contributed by atoms with Gasteiger partial charge in [0.1, 0.15) is 17.2 Å². The van der Waals surface area contributed by atoms with Crippen molar-refractivity contribution >= 4 is 34.8 Å². The van der Waals surface area contributed by atoms with E-state index in [1.807, 2.05) is 4.90 Å². The van der Waals surface area contributed by atoms with Crippen molar-refractivity contribution in [2.75, 3.05) is 36.5 Å². The van der Waals surface area contributed by atoms with E-state index in [-0.39, 0.29) is 23.8 Å². The smallest absolute Gasteiger partial charge is 0.408 e. The van der Waals surface area contributed by atoms with Crippen LogP contribution in [-0.2, 0) is 9.53 Å². The average molecular weight is 629 g/mol. The van der Waals surface area contributed by atoms with Gasteiger partial charge in [-0.2, -0.15) is 9.97 Å². The third-order valence-electron chi connectivity index (χ3n) is 8.40. The SMILES string of the molecule is CC(C)(C)N(C(=O)O)C(C)(C)C(=O)NC1CCC(Nc2cc(-n3c(C(F)F)nc4ccccc43)nc(N3CCOCC3)n2)CC1. The Kier molecular flexibility index (Phi) is 9.15. The number of hydrogen-bond acceptors (Lipinski definition) is 8. The van der Waals surface area contributed by atoms with Gasteiger partial charge in [0.2, 0.25) is 11.9 Å². The van der Waals surface area contributed by atoms with Crippen LogP contribution in [0.5, 0.6) is 0 Å². The zero-order chi connectivity index (χ0) is 32.5. The van der Waals surface area contributed by atoms with E-state index < -0.39 is 23.6 Å². The van der Waals surface area contributed by atoms with E-state index in [4.69, 9.17) is 14.7 Å². The van der Waals surface area contributed by atoms with E-state index in [0.29, 0.717) is 67.8 Å². The summed E-state index contributed by atoms with van der Waals surface area (Å²) in [4.78, 5) is 42.1. The standard InChI is InChI=1S/C31H42F2N8O4/c1-30(2,3)41(29(43)44)31(4,5)27(42)35-20-12-10-19(11-13-20)34-23-18-24(38-28(37-23)39-14-16-45-17-15-39)40-22-9-7-6-8-21(22)36-26(40)25(32)33/h6-9,18-20,25H,10-17H2,1-5H3,(H,35,42)(H,43,44)(H,34,37,38). The molecule has 244 valence electrons. The minimum Gasteiger partial charge on any atom is -0.465 e. The summed E-state index contributed by atoms with van der Waals surface area (Å²) in [7, 11) is 0. The molecular weight excluding hydrogens is 586 g/mol. The first-order valence-electron chi connectivity index (χ1n) is 15.3. The van der Waals surface area contributed by atoms with Crippen LogP contribution in [0.4, 0.5) is 25.3 Å². The van der Waals surface area contributed by atoms with Gasteiger partial charge in [-0.3, -0.25) is 14.3 Å². The van der Waals surface area contributed by atoms with Crippen LogP contribution in [-0.4, -0.2) is 91.0 Å². The Morgan fingerprint density at radius 2 is 1.64 bits per heavy atom. The molecule has 12 nitrogen and oxygen atoms in total. The summed E-state index contributed by atoms with van der Waals surface area (Å²) < 4.78 is 35.3. The minimum atomic E-state index is -2.81. The molecule has 1 saturated heterocycles. The molecule has 0 bridgehead atoms. The molecular formula is C31H42F2N8O4. The van der Waals surface area contributed by atoms with Crippen molar-refractivity contribution in [1.82, 2.24) is 29.7 Å². The fourth-order valence-electron chi connectivity index (χ4n) is 6.37. The van der Waals surface area contributed by atoms with Crippen LogP contribution in [0.2, 0.25) is 0 Å². The second-order valence-corrected chi connectivity index (χ2v) is 13.1. The Morgan fingerprint density at radius 3 is 2.27 bits per heavy atom. The number of nitrogens with one attached hydrogen (secondary N) is 2. The van der Waals surface area contributed by atoms with Crippen molar-refractivity contribution < 1.29 is 28.2 Å². The van der Waals surface area contributed by atoms with E-state index >= 15 is 0 Å². The van der Waals surface area contributed by atoms with Gasteiger partial charge in [0.05, 0.1) is 24.2 Å². The highest BCUT2D eigenvalue weighted by Gasteiger charge is 2.44. The molecule has 45 heavy (non-hydrogen) atoms. The number of amides is 2. The number of carbonyl (C=O) groups excluding carboxylic acids is 1. The lowest BCUT2D eigenvalue weighted by molar-refractivity contribution is -0.134. The third kappa shape index (κ3) is 6.95. The van der Waals surface area contributed by atoms with Crippen molar-refractivity contribution in [3.05, 3.63) is 36.2 Å². The largest absolute Gasteiger partial charge is 0.465 e. The monoisotopic (exact) mass is 628 g/mol. The van der Waals surface area contributed by atoms with Gasteiger partial charge >= 0.3 is 6.09 Å². The van der Waals surface area contributed by atoms with Crippen molar-refractivity contribution in [2.45, 2.75) is 89.9 Å². The van der Waals surface area contributed by atoms with Crippen molar-refractivity contribution in [3.8, 4) is 5.82 Å². The number of fused-ring (bicyclic) bond motifs is 1. The van der Waals surface area contributed by atoms with E-state index in [1.165, 1.54) is 9.47 Å². The lowest BCUT2D eigenvalue weighted by Crippen LogP contribution is -2.64. The molecule has 3 aromatic rings. The number of imidazole rings is 1. The van der Waals surface area contributed by atoms with Crippen LogP contribution >= 0.6 is 0 Å². The number of aromatic nitrogens is 4. The van der Waals surface area contributed by atoms with E-state index in [2.05, 4.69) is 15.6 Å². The minimum absolute atomic E-state index is 0.0191. The fraction of sp³-hybridized carbons (Fsp3) is 0.581. The first kappa shape index (κ1) is 32.3. The molecule has 2 amide bonds. The number of nitrogens with zero attached hydrogens (tertiary/aromatic N) is 6. The van der Waals surface area contributed by atoms with Crippen LogP contribution in [0.25, 0.3) is 16.9 Å². The highest BCUT2D eigenvalue weighted by Crippen LogP contribution is 2.31. The van der Waals surface area contributed by atoms with Gasteiger partial charge < -0.3 is 25.4 Å². The number of hydrogen-bond donors (Lipinski definition) is 3. The lowest BCUT2D eigenvalue weighted by Gasteiger charge is -2.44. The summed E-state index contributed by atoms with van der Waals surface area (Å²) in [5.41, 5.74) is -1.05. The molecule has 1 saturated carbocycles. The van der Waals surface area contributed by atoms with Crippen LogP contribution in [0, 0.1) is 0 Å². The zero-order valence-electron chi connectivity index (χ0n) is 26.4. The number of halogens is 2. The van der Waals surface area contributed by atoms with Crippen molar-refractivity contribution in [3.63, 3.8) is 0 Å². The number of anilines is 2. The molecule has 1 aliphatic carbocycles. The van der Waals surface area contributed by atoms with Crippen LogP contribution in [0.1, 0.15) is 72.6 Å². The number of ether oxygens (including phenoxy) is 1. The van der Waals surface area contributed by atoms with Gasteiger partial charge in [-0.25, -0.2) is 18.6 Å². The molecule has 2 aromatic heterocycles. The van der Waals surface area contributed by atoms with Gasteiger partial charge in [-0.15, -0.1) is 0 Å². The summed E-state index contributed by atoms with van der Waals surface area (Å²) >= 11 is 0. The summed E-state index contributed by atoms with van der Waals surface area (Å²) in [6, 6.07) is 8.56. The molecule has 0 spiro atoms. The highest BCUT2D eigenvalue weighted by atomic mass is 19.3. The number of alkyl halides is 2. The number of morpholine rings is 1. The number of para-hydroxylation sites is 2. The number of rotatable bonds is 8. The summed E-state index contributed by atoms with van der Waals surface area (Å²) in [6.45, 7) is 10.7. The van der Waals surface area contributed by atoms with Crippen molar-refractivity contribution in [2.24, 2.45) is 0 Å². The number of carbonyl (C=O) groups is 2. The topological polar surface area (TPSA) is 138 Å². The molecule has 3 N–H and O–H groups in total. The summed E-state index contributed by atoms with van der Waals surface area (Å²) in [5.74, 6) is 0.495. The van der Waals surface area contributed by atoms with Crippen LogP contribution < -0.4 is 15.5 Å². The van der Waals surface area contributed by atoms with E-state index in [9.17, 15) is 23.5 Å². The second kappa shape index (κ2) is 12.7. The zero-order valence-corrected chi connectivity index (χ0v) is 26.4. The average Bonchev–Trinajstić information content (AvgIpc) is 3.37. The molecule has 3 heterocycles.